The zero-order chi connectivity index (χ0) is 19.2. The van der Waals surface area contributed by atoms with E-state index >= 15 is 0 Å². The first kappa shape index (κ1) is 19.7. The Hall–Kier alpha value is -1.61. The molecule has 1 aromatic rings. The number of nitrogens with zero attached hydrogens (tertiary/aromatic N) is 1. The molecule has 0 radical (unpaired) electrons. The number of sulfonamides is 1. The molecule has 1 aliphatic rings. The maximum Gasteiger partial charge on any atom is 0.416 e. The summed E-state index contributed by atoms with van der Waals surface area (Å²) in [6.07, 6.45) is -4.92. The first-order chi connectivity index (χ1) is 11.3. The molecule has 0 amide bonds. The summed E-state index contributed by atoms with van der Waals surface area (Å²) in [5.41, 5.74) is -1.79. The van der Waals surface area contributed by atoms with Crippen LogP contribution in [0.3, 0.4) is 0 Å². The highest BCUT2D eigenvalue weighted by molar-refractivity contribution is 7.89. The number of hydrogen-bond acceptors (Lipinski definition) is 4. The number of fused-ring (bicyclic) bond motifs is 1. The van der Waals surface area contributed by atoms with Crippen LogP contribution in [0.4, 0.5) is 13.2 Å². The van der Waals surface area contributed by atoms with Crippen LogP contribution in [0.15, 0.2) is 23.1 Å². The number of hydrogen-bond donors (Lipinski definition) is 0. The van der Waals surface area contributed by atoms with Crippen molar-refractivity contribution in [1.29, 1.82) is 0 Å². The molecular weight excluding hydrogens is 359 g/mol. The largest absolute Gasteiger partial charge is 0.466 e. The SMILES string of the molecule is CCOC(=O)CC1c2ccc(C(F)(F)F)cc2S(=O)(=O)N1C(C)(C)C. The van der Waals surface area contributed by atoms with Crippen molar-refractivity contribution in [2.24, 2.45) is 0 Å². The van der Waals surface area contributed by atoms with Crippen molar-refractivity contribution in [2.45, 2.75) is 56.8 Å². The zero-order valence-corrected chi connectivity index (χ0v) is 15.2. The van der Waals surface area contributed by atoms with Crippen LogP contribution in [0.1, 0.15) is 51.3 Å². The Kier molecular flexibility index (Phi) is 4.95. The van der Waals surface area contributed by atoms with E-state index in [9.17, 15) is 26.4 Å². The highest BCUT2D eigenvalue weighted by Crippen LogP contribution is 2.47. The van der Waals surface area contributed by atoms with Gasteiger partial charge >= 0.3 is 12.1 Å². The summed E-state index contributed by atoms with van der Waals surface area (Å²) >= 11 is 0. The van der Waals surface area contributed by atoms with Crippen molar-refractivity contribution >= 4 is 16.0 Å². The molecule has 5 nitrogen and oxygen atoms in total. The van der Waals surface area contributed by atoms with E-state index in [4.69, 9.17) is 4.74 Å². The number of benzene rings is 1. The first-order valence-corrected chi connectivity index (χ1v) is 9.15. The minimum Gasteiger partial charge on any atom is -0.466 e. The smallest absolute Gasteiger partial charge is 0.416 e. The first-order valence-electron chi connectivity index (χ1n) is 7.71. The minimum atomic E-state index is -4.66. The number of halogens is 3. The molecule has 0 spiro atoms. The van der Waals surface area contributed by atoms with Crippen molar-refractivity contribution in [3.63, 3.8) is 0 Å². The van der Waals surface area contributed by atoms with E-state index in [0.717, 1.165) is 16.4 Å². The van der Waals surface area contributed by atoms with Crippen LogP contribution in [0.25, 0.3) is 0 Å². The quantitative estimate of drug-likeness (QED) is 0.754. The van der Waals surface area contributed by atoms with E-state index < -0.39 is 44.2 Å². The van der Waals surface area contributed by atoms with Crippen molar-refractivity contribution in [1.82, 2.24) is 4.31 Å². The standard InChI is InChI=1S/C16H20F3NO4S/c1-5-24-14(21)9-12-11-7-6-10(16(17,18)19)8-13(11)25(22,23)20(12)15(2,3)4/h6-8,12H,5,9H2,1-4H3. The van der Waals surface area contributed by atoms with Gasteiger partial charge in [-0.25, -0.2) is 8.42 Å². The van der Waals surface area contributed by atoms with Crippen LogP contribution in [0, 0.1) is 0 Å². The number of alkyl halides is 3. The van der Waals surface area contributed by atoms with Crippen molar-refractivity contribution < 1.29 is 31.1 Å². The highest BCUT2D eigenvalue weighted by Gasteiger charge is 2.49. The molecule has 1 atom stereocenters. The molecule has 0 bridgehead atoms. The Morgan fingerprint density at radius 1 is 1.24 bits per heavy atom. The average molecular weight is 379 g/mol. The Morgan fingerprint density at radius 3 is 2.32 bits per heavy atom. The second-order valence-corrected chi connectivity index (χ2v) is 8.53. The fraction of sp³-hybridized carbons (Fsp3) is 0.562. The van der Waals surface area contributed by atoms with Crippen molar-refractivity contribution in [3.05, 3.63) is 29.3 Å². The van der Waals surface area contributed by atoms with Crippen LogP contribution in [0.2, 0.25) is 0 Å². The molecule has 1 unspecified atom stereocenters. The number of ether oxygens (including phenoxy) is 1. The van der Waals surface area contributed by atoms with E-state index in [1.807, 2.05) is 0 Å². The lowest BCUT2D eigenvalue weighted by atomic mass is 9.98. The Labute approximate surface area is 144 Å². The number of rotatable bonds is 3. The molecule has 9 heteroatoms. The van der Waals surface area contributed by atoms with Crippen LogP contribution >= 0.6 is 0 Å². The maximum atomic E-state index is 13.0. The summed E-state index contributed by atoms with van der Waals surface area (Å²) in [4.78, 5) is 11.5. The van der Waals surface area contributed by atoms with Gasteiger partial charge in [0, 0.05) is 5.54 Å². The second kappa shape index (κ2) is 6.28. The monoisotopic (exact) mass is 379 g/mol. The molecule has 0 aromatic heterocycles. The predicted octanol–water partition coefficient (Wildman–Crippen LogP) is 3.50. The van der Waals surface area contributed by atoms with Crippen LogP contribution in [-0.2, 0) is 25.7 Å². The normalized spacial score (nSPS) is 20.4. The van der Waals surface area contributed by atoms with Gasteiger partial charge in [0.1, 0.15) is 0 Å². The molecule has 1 aromatic carbocycles. The third kappa shape index (κ3) is 3.67. The van der Waals surface area contributed by atoms with Gasteiger partial charge in [0.2, 0.25) is 10.0 Å². The molecule has 2 rings (SSSR count). The Morgan fingerprint density at radius 2 is 1.84 bits per heavy atom. The predicted molar refractivity (Wildman–Crippen MR) is 84.2 cm³/mol. The molecule has 0 aliphatic carbocycles. The topological polar surface area (TPSA) is 63.7 Å². The van der Waals surface area contributed by atoms with Gasteiger partial charge in [-0.3, -0.25) is 4.79 Å². The van der Waals surface area contributed by atoms with Gasteiger partial charge in [0.25, 0.3) is 0 Å². The van der Waals surface area contributed by atoms with E-state index in [1.54, 1.807) is 27.7 Å². The fourth-order valence-electron chi connectivity index (χ4n) is 3.01. The summed E-state index contributed by atoms with van der Waals surface area (Å²) in [7, 11) is -4.17. The van der Waals surface area contributed by atoms with Gasteiger partial charge in [0.15, 0.2) is 0 Å². The van der Waals surface area contributed by atoms with E-state index in [2.05, 4.69) is 0 Å². The molecule has 1 heterocycles. The van der Waals surface area contributed by atoms with Crippen LogP contribution in [-0.4, -0.2) is 30.8 Å². The molecule has 25 heavy (non-hydrogen) atoms. The number of carbonyl (C=O) groups excluding carboxylic acids is 1. The molecular formula is C16H20F3NO4S. The Bertz CT molecular complexity index is 782. The fourth-order valence-corrected chi connectivity index (χ4v) is 5.24. The lowest BCUT2D eigenvalue weighted by Gasteiger charge is -2.35. The third-order valence-corrected chi connectivity index (χ3v) is 6.08. The summed E-state index contributed by atoms with van der Waals surface area (Å²) in [6, 6.07) is 1.69. The molecule has 140 valence electrons. The van der Waals surface area contributed by atoms with Gasteiger partial charge in [-0.15, -0.1) is 0 Å². The summed E-state index contributed by atoms with van der Waals surface area (Å²) in [6.45, 7) is 6.62. The molecule has 0 fully saturated rings. The molecule has 0 saturated carbocycles. The lowest BCUT2D eigenvalue weighted by molar-refractivity contribution is -0.144. The minimum absolute atomic E-state index is 0.133. The summed E-state index contributed by atoms with van der Waals surface area (Å²) in [5, 5.41) is 0. The zero-order valence-electron chi connectivity index (χ0n) is 14.3. The van der Waals surface area contributed by atoms with E-state index in [1.165, 1.54) is 0 Å². The van der Waals surface area contributed by atoms with Crippen molar-refractivity contribution in [2.75, 3.05) is 6.61 Å². The van der Waals surface area contributed by atoms with Gasteiger partial charge < -0.3 is 4.74 Å². The summed E-state index contributed by atoms with van der Waals surface area (Å²) in [5.74, 6) is -0.607. The summed E-state index contributed by atoms with van der Waals surface area (Å²) < 4.78 is 70.6. The van der Waals surface area contributed by atoms with Gasteiger partial charge in [0.05, 0.1) is 29.5 Å². The molecule has 1 aliphatic heterocycles. The van der Waals surface area contributed by atoms with Gasteiger partial charge in [-0.2, -0.15) is 17.5 Å². The Balaban J connectivity index is 2.62. The third-order valence-electron chi connectivity index (χ3n) is 3.85. The molecule has 0 N–H and O–H groups in total. The van der Waals surface area contributed by atoms with Gasteiger partial charge in [-0.05, 0) is 45.4 Å². The molecule has 0 saturated heterocycles. The maximum absolute atomic E-state index is 13.0. The number of esters is 1. The highest BCUT2D eigenvalue weighted by atomic mass is 32.2. The van der Waals surface area contributed by atoms with E-state index in [0.29, 0.717) is 6.07 Å². The number of carbonyl (C=O) groups is 1. The lowest BCUT2D eigenvalue weighted by Crippen LogP contribution is -2.44. The van der Waals surface area contributed by atoms with Crippen LogP contribution in [0.5, 0.6) is 0 Å². The van der Waals surface area contributed by atoms with Crippen LogP contribution < -0.4 is 0 Å². The average Bonchev–Trinajstić information content (AvgIpc) is 2.65. The van der Waals surface area contributed by atoms with Gasteiger partial charge in [-0.1, -0.05) is 6.07 Å². The van der Waals surface area contributed by atoms with E-state index in [-0.39, 0.29) is 18.6 Å². The second-order valence-electron chi connectivity index (χ2n) is 6.75. The van der Waals surface area contributed by atoms with Crippen molar-refractivity contribution in [3.8, 4) is 0 Å².